The maximum absolute atomic E-state index is 13.8. The number of carbonyl (C=O) groups is 2. The van der Waals surface area contributed by atoms with Crippen LogP contribution in [0.5, 0.6) is 0 Å². The highest BCUT2D eigenvalue weighted by Gasteiger charge is 2.32. The van der Waals surface area contributed by atoms with Crippen molar-refractivity contribution >= 4 is 46.8 Å². The SMILES string of the molecule is Cc1ccc(SCC(=O)N(Cc2ccc(Cl)c(Cl)c2)[C@H](Cc2ccccc2)C(=O)NC2CCCCC2)cc1. The Morgan fingerprint density at radius 2 is 1.63 bits per heavy atom. The predicted octanol–water partition coefficient (Wildman–Crippen LogP) is 7.48. The van der Waals surface area contributed by atoms with Crippen LogP contribution in [0.25, 0.3) is 0 Å². The molecular formula is C31H34Cl2N2O2S. The van der Waals surface area contributed by atoms with Gasteiger partial charge >= 0.3 is 0 Å². The van der Waals surface area contributed by atoms with Gasteiger partial charge < -0.3 is 10.2 Å². The van der Waals surface area contributed by atoms with Gasteiger partial charge in [-0.1, -0.05) is 96.6 Å². The van der Waals surface area contributed by atoms with Crippen LogP contribution in [0.1, 0.15) is 48.8 Å². The van der Waals surface area contributed by atoms with Gasteiger partial charge in [-0.25, -0.2) is 0 Å². The molecule has 4 nitrogen and oxygen atoms in total. The Kier molecular flexibility index (Phi) is 10.6. The molecule has 2 amide bonds. The predicted molar refractivity (Wildman–Crippen MR) is 158 cm³/mol. The smallest absolute Gasteiger partial charge is 0.243 e. The molecule has 0 bridgehead atoms. The average molecular weight is 570 g/mol. The fourth-order valence-electron chi connectivity index (χ4n) is 4.80. The topological polar surface area (TPSA) is 49.4 Å². The van der Waals surface area contributed by atoms with Crippen molar-refractivity contribution in [3.05, 3.63) is 99.5 Å². The van der Waals surface area contributed by atoms with E-state index in [1.807, 2.05) is 67.6 Å². The fraction of sp³-hybridized carbons (Fsp3) is 0.355. The van der Waals surface area contributed by atoms with Crippen LogP contribution >= 0.6 is 35.0 Å². The molecule has 1 atom stereocenters. The number of thioether (sulfide) groups is 1. The summed E-state index contributed by atoms with van der Waals surface area (Å²) in [6, 6.07) is 22.9. The van der Waals surface area contributed by atoms with Gasteiger partial charge in [0.15, 0.2) is 0 Å². The molecule has 3 aromatic carbocycles. The second-order valence-corrected chi connectivity index (χ2v) is 11.8. The maximum Gasteiger partial charge on any atom is 0.243 e. The van der Waals surface area contributed by atoms with E-state index in [4.69, 9.17) is 23.2 Å². The Balaban J connectivity index is 1.62. The van der Waals surface area contributed by atoms with E-state index in [2.05, 4.69) is 5.32 Å². The minimum Gasteiger partial charge on any atom is -0.352 e. The Morgan fingerprint density at radius 3 is 2.32 bits per heavy atom. The molecule has 38 heavy (non-hydrogen) atoms. The van der Waals surface area contributed by atoms with Crippen molar-refractivity contribution in [2.75, 3.05) is 5.75 Å². The van der Waals surface area contributed by atoms with Crippen molar-refractivity contribution in [3.8, 4) is 0 Å². The molecule has 4 rings (SSSR count). The molecule has 1 saturated carbocycles. The summed E-state index contributed by atoms with van der Waals surface area (Å²) in [5.74, 6) is 0.0303. The fourth-order valence-corrected chi connectivity index (χ4v) is 5.90. The van der Waals surface area contributed by atoms with Crippen molar-refractivity contribution < 1.29 is 9.59 Å². The van der Waals surface area contributed by atoms with Crippen LogP contribution in [0, 0.1) is 6.92 Å². The van der Waals surface area contributed by atoms with E-state index in [-0.39, 0.29) is 30.2 Å². The molecule has 1 aliphatic rings. The molecule has 0 heterocycles. The van der Waals surface area contributed by atoms with Crippen molar-refractivity contribution in [1.29, 1.82) is 0 Å². The molecule has 3 aromatic rings. The van der Waals surface area contributed by atoms with Gasteiger partial charge in [0, 0.05) is 23.9 Å². The number of amides is 2. The standard InChI is InChI=1S/C31H34Cl2N2O2S/c1-22-12-15-26(16-13-22)38-21-30(36)35(20-24-14-17-27(32)28(33)18-24)29(19-23-8-4-2-5-9-23)31(37)34-25-10-6-3-7-11-25/h2,4-5,8-9,12-18,25,29H,3,6-7,10-11,19-21H2,1H3,(H,34,37)/t29-/m1/s1. The lowest BCUT2D eigenvalue weighted by molar-refractivity contribution is -0.139. The van der Waals surface area contributed by atoms with Gasteiger partial charge in [-0.15, -0.1) is 11.8 Å². The maximum atomic E-state index is 13.8. The van der Waals surface area contributed by atoms with E-state index in [0.717, 1.165) is 41.7 Å². The van der Waals surface area contributed by atoms with Gasteiger partial charge in [-0.3, -0.25) is 9.59 Å². The molecule has 0 aliphatic heterocycles. The van der Waals surface area contributed by atoms with Gasteiger partial charge in [-0.2, -0.15) is 0 Å². The average Bonchev–Trinajstić information content (AvgIpc) is 2.93. The molecule has 1 N–H and O–H groups in total. The first kappa shape index (κ1) is 28.5. The quantitative estimate of drug-likeness (QED) is 0.258. The molecule has 0 radical (unpaired) electrons. The highest BCUT2D eigenvalue weighted by molar-refractivity contribution is 8.00. The molecule has 1 aliphatic carbocycles. The summed E-state index contributed by atoms with van der Waals surface area (Å²) >= 11 is 14.0. The number of carbonyl (C=O) groups excluding carboxylic acids is 2. The summed E-state index contributed by atoms with van der Waals surface area (Å²) in [5.41, 5.74) is 3.01. The summed E-state index contributed by atoms with van der Waals surface area (Å²) in [6.07, 6.45) is 5.84. The third-order valence-corrected chi connectivity index (χ3v) is 8.68. The van der Waals surface area contributed by atoms with Crippen LogP contribution in [0.3, 0.4) is 0 Å². The highest BCUT2D eigenvalue weighted by Crippen LogP contribution is 2.26. The van der Waals surface area contributed by atoms with E-state index in [1.54, 1.807) is 17.0 Å². The van der Waals surface area contributed by atoms with Gasteiger partial charge in [0.2, 0.25) is 11.8 Å². The first-order valence-electron chi connectivity index (χ1n) is 13.2. The van der Waals surface area contributed by atoms with E-state index < -0.39 is 6.04 Å². The van der Waals surface area contributed by atoms with Crippen LogP contribution in [-0.2, 0) is 22.6 Å². The molecule has 7 heteroatoms. The molecule has 200 valence electrons. The van der Waals surface area contributed by atoms with Crippen LogP contribution in [0.15, 0.2) is 77.7 Å². The zero-order valence-corrected chi connectivity index (χ0v) is 24.0. The minimum absolute atomic E-state index is 0.0960. The number of rotatable bonds is 10. The number of hydrogen-bond donors (Lipinski definition) is 1. The third-order valence-electron chi connectivity index (χ3n) is 6.94. The molecule has 0 saturated heterocycles. The summed E-state index contributed by atoms with van der Waals surface area (Å²) < 4.78 is 0. The number of hydrogen-bond acceptors (Lipinski definition) is 3. The van der Waals surface area contributed by atoms with Crippen LogP contribution in [0.4, 0.5) is 0 Å². The van der Waals surface area contributed by atoms with E-state index >= 15 is 0 Å². The Morgan fingerprint density at radius 1 is 0.921 bits per heavy atom. The number of nitrogens with one attached hydrogen (secondary N) is 1. The normalized spacial score (nSPS) is 14.6. The van der Waals surface area contributed by atoms with E-state index in [0.29, 0.717) is 16.5 Å². The largest absolute Gasteiger partial charge is 0.352 e. The zero-order chi connectivity index (χ0) is 26.9. The van der Waals surface area contributed by atoms with E-state index in [1.165, 1.54) is 23.7 Å². The lowest BCUT2D eigenvalue weighted by Crippen LogP contribution is -2.53. The monoisotopic (exact) mass is 568 g/mol. The lowest BCUT2D eigenvalue weighted by atomic mass is 9.94. The van der Waals surface area contributed by atoms with Gasteiger partial charge in [0.1, 0.15) is 6.04 Å². The van der Waals surface area contributed by atoms with Crippen LogP contribution in [-0.4, -0.2) is 34.6 Å². The Labute approximate surface area is 240 Å². The minimum atomic E-state index is -0.653. The third kappa shape index (κ3) is 8.26. The second-order valence-electron chi connectivity index (χ2n) is 9.92. The van der Waals surface area contributed by atoms with Gasteiger partial charge in [0.05, 0.1) is 15.8 Å². The number of nitrogens with zero attached hydrogens (tertiary/aromatic N) is 1. The first-order chi connectivity index (χ1) is 18.4. The summed E-state index contributed by atoms with van der Waals surface area (Å²) in [5, 5.41) is 4.16. The Hall–Kier alpha value is -2.47. The number of benzene rings is 3. The van der Waals surface area contributed by atoms with E-state index in [9.17, 15) is 9.59 Å². The molecular weight excluding hydrogens is 535 g/mol. The molecule has 0 unspecified atom stereocenters. The number of aryl methyl sites for hydroxylation is 1. The second kappa shape index (κ2) is 14.1. The summed E-state index contributed by atoms with van der Waals surface area (Å²) in [7, 11) is 0. The zero-order valence-electron chi connectivity index (χ0n) is 21.7. The van der Waals surface area contributed by atoms with Crippen LogP contribution in [0.2, 0.25) is 10.0 Å². The van der Waals surface area contributed by atoms with Crippen molar-refractivity contribution in [1.82, 2.24) is 10.2 Å². The lowest BCUT2D eigenvalue weighted by Gasteiger charge is -2.33. The first-order valence-corrected chi connectivity index (χ1v) is 14.9. The highest BCUT2D eigenvalue weighted by atomic mass is 35.5. The summed E-state index contributed by atoms with van der Waals surface area (Å²) in [6.45, 7) is 2.30. The summed E-state index contributed by atoms with van der Waals surface area (Å²) in [4.78, 5) is 30.4. The van der Waals surface area contributed by atoms with Gasteiger partial charge in [0.25, 0.3) is 0 Å². The molecule has 0 spiro atoms. The number of halogens is 2. The van der Waals surface area contributed by atoms with Gasteiger partial charge in [-0.05, 0) is 55.2 Å². The van der Waals surface area contributed by atoms with Crippen molar-refractivity contribution in [2.24, 2.45) is 0 Å². The molecule has 0 aromatic heterocycles. The molecule has 1 fully saturated rings. The Bertz CT molecular complexity index is 1210. The van der Waals surface area contributed by atoms with Crippen molar-refractivity contribution in [3.63, 3.8) is 0 Å². The van der Waals surface area contributed by atoms with Crippen LogP contribution < -0.4 is 5.32 Å². The van der Waals surface area contributed by atoms with Crippen molar-refractivity contribution in [2.45, 2.75) is 69.0 Å².